The van der Waals surface area contributed by atoms with Crippen molar-refractivity contribution in [3.63, 3.8) is 0 Å². The molecule has 1 amide bonds. The lowest BCUT2D eigenvalue weighted by atomic mass is 10.1. The van der Waals surface area contributed by atoms with Crippen molar-refractivity contribution in [2.75, 3.05) is 32.2 Å². The van der Waals surface area contributed by atoms with Gasteiger partial charge in [0.1, 0.15) is 6.61 Å². The van der Waals surface area contributed by atoms with Crippen molar-refractivity contribution in [2.45, 2.75) is 25.5 Å². The van der Waals surface area contributed by atoms with E-state index >= 15 is 0 Å². The third kappa shape index (κ3) is 8.47. The Labute approximate surface area is 148 Å². The van der Waals surface area contributed by atoms with Crippen LogP contribution in [0.5, 0.6) is 0 Å². The van der Waals surface area contributed by atoms with Gasteiger partial charge >= 0.3 is 6.09 Å². The maximum absolute atomic E-state index is 12.1. The molecule has 9 nitrogen and oxygen atoms in total. The highest BCUT2D eigenvalue weighted by Crippen LogP contribution is 2.24. The normalized spacial score (nSPS) is 22.0. The third-order valence-electron chi connectivity index (χ3n) is 3.27. The van der Waals surface area contributed by atoms with Crippen LogP contribution in [0.1, 0.15) is 13.3 Å². The number of hydrogen-bond donors (Lipinski definition) is 1. The van der Waals surface area contributed by atoms with Crippen LogP contribution in [0.25, 0.3) is 0 Å². The van der Waals surface area contributed by atoms with Gasteiger partial charge < -0.3 is 4.74 Å². The molecule has 0 aliphatic carbocycles. The summed E-state index contributed by atoms with van der Waals surface area (Å²) in [5.74, 6) is 0. The third-order valence-corrected chi connectivity index (χ3v) is 4.56. The van der Waals surface area contributed by atoms with E-state index in [0.717, 1.165) is 12.5 Å². The minimum absolute atomic E-state index is 0.0258. The highest BCUT2D eigenvalue weighted by atomic mass is 32.2. The van der Waals surface area contributed by atoms with Gasteiger partial charge in [0.25, 0.3) is 10.1 Å². The molecule has 11 heteroatoms. The second-order valence-corrected chi connectivity index (χ2v) is 9.28. The first-order valence-corrected chi connectivity index (χ1v) is 11.2. The van der Waals surface area contributed by atoms with Crippen molar-refractivity contribution < 1.29 is 30.6 Å². The van der Waals surface area contributed by atoms with E-state index in [9.17, 15) is 21.6 Å². The molecule has 25 heavy (non-hydrogen) atoms. The van der Waals surface area contributed by atoms with E-state index in [1.54, 1.807) is 13.0 Å². The molecule has 0 bridgehead atoms. The molecular formula is C14H24N2O7S2. The number of ether oxygens (including phenoxy) is 1. The number of rotatable bonds is 8. The summed E-state index contributed by atoms with van der Waals surface area (Å²) in [6.45, 7) is 5.33. The molecule has 0 saturated carbocycles. The maximum Gasteiger partial charge on any atom is 0.410 e. The molecule has 0 aromatic heterocycles. The fraction of sp³-hybridized carbons (Fsp3) is 0.643. The molecule has 1 N–H and O–H groups in total. The highest BCUT2D eigenvalue weighted by molar-refractivity contribution is 7.88. The molecule has 0 aromatic rings. The van der Waals surface area contributed by atoms with Crippen LogP contribution in [0.2, 0.25) is 0 Å². The molecule has 144 valence electrons. The number of carbonyl (C=O) groups is 1. The van der Waals surface area contributed by atoms with E-state index in [-0.39, 0.29) is 26.1 Å². The predicted molar refractivity (Wildman–Crippen MR) is 93.0 cm³/mol. The standard InChI is InChI=1S/C14H24N2O7S2/c1-5-6-22-14(17)16-10-13(23-25(4,20)21)8-12(16)7-11(2)9-15-24(3,18)19/h5,7,12-13,15H,1,6,8-10H2,2-4H3/b11-7+/t12-,13-/m1/s1. The van der Waals surface area contributed by atoms with Crippen LogP contribution in [0.15, 0.2) is 24.3 Å². The molecule has 0 aromatic carbocycles. The van der Waals surface area contributed by atoms with Gasteiger partial charge in [-0.3, -0.25) is 9.08 Å². The minimum atomic E-state index is -3.66. The number of likely N-dealkylation sites (tertiary alicyclic amines) is 1. The highest BCUT2D eigenvalue weighted by Gasteiger charge is 2.37. The summed E-state index contributed by atoms with van der Waals surface area (Å²) in [6.07, 6.45) is 4.05. The molecule has 1 heterocycles. The van der Waals surface area contributed by atoms with Crippen LogP contribution in [0, 0.1) is 0 Å². The van der Waals surface area contributed by atoms with Crippen molar-refractivity contribution in [3.8, 4) is 0 Å². The minimum Gasteiger partial charge on any atom is -0.445 e. The Hall–Kier alpha value is -1.43. The Balaban J connectivity index is 2.89. The van der Waals surface area contributed by atoms with Gasteiger partial charge in [0.05, 0.1) is 31.2 Å². The molecule has 1 aliphatic rings. The molecule has 0 spiro atoms. The molecule has 1 saturated heterocycles. The second kappa shape index (κ2) is 8.79. The second-order valence-electron chi connectivity index (χ2n) is 5.85. The van der Waals surface area contributed by atoms with Gasteiger partial charge in [-0.25, -0.2) is 17.9 Å². The molecule has 2 atom stereocenters. The Morgan fingerprint density at radius 3 is 2.48 bits per heavy atom. The average molecular weight is 396 g/mol. The van der Waals surface area contributed by atoms with E-state index in [1.807, 2.05) is 0 Å². The fourth-order valence-corrected chi connectivity index (χ4v) is 3.48. The summed E-state index contributed by atoms with van der Waals surface area (Å²) < 4.78 is 57.3. The lowest BCUT2D eigenvalue weighted by molar-refractivity contribution is 0.109. The van der Waals surface area contributed by atoms with Crippen molar-refractivity contribution in [3.05, 3.63) is 24.3 Å². The lowest BCUT2D eigenvalue weighted by Crippen LogP contribution is -2.36. The Morgan fingerprint density at radius 1 is 1.32 bits per heavy atom. The first kappa shape index (κ1) is 21.6. The number of amides is 1. The Bertz CT molecular complexity index is 728. The molecule has 0 unspecified atom stereocenters. The first-order chi connectivity index (χ1) is 11.4. The van der Waals surface area contributed by atoms with Gasteiger partial charge in [-0.05, 0) is 6.92 Å². The van der Waals surface area contributed by atoms with Crippen molar-refractivity contribution >= 4 is 26.2 Å². The molecule has 1 fully saturated rings. The molecule has 0 radical (unpaired) electrons. The van der Waals surface area contributed by atoms with Gasteiger partial charge in [-0.15, -0.1) is 0 Å². The number of hydrogen-bond acceptors (Lipinski definition) is 7. The summed E-state index contributed by atoms with van der Waals surface area (Å²) in [5.41, 5.74) is 0.678. The number of carbonyl (C=O) groups excluding carboxylic acids is 1. The predicted octanol–water partition coefficient (Wildman–Crippen LogP) is 0.224. The average Bonchev–Trinajstić information content (AvgIpc) is 2.82. The van der Waals surface area contributed by atoms with Crippen molar-refractivity contribution in [1.82, 2.24) is 9.62 Å². The fourth-order valence-electron chi connectivity index (χ4n) is 2.36. The Morgan fingerprint density at radius 2 is 1.96 bits per heavy atom. The number of sulfonamides is 1. The number of nitrogens with zero attached hydrogens (tertiary/aromatic N) is 1. The topological polar surface area (TPSA) is 119 Å². The largest absolute Gasteiger partial charge is 0.445 e. The maximum atomic E-state index is 12.1. The van der Waals surface area contributed by atoms with Crippen LogP contribution in [0.3, 0.4) is 0 Å². The zero-order valence-electron chi connectivity index (χ0n) is 14.5. The molecule has 1 rings (SSSR count). The summed E-state index contributed by atoms with van der Waals surface area (Å²) in [6, 6.07) is -0.467. The summed E-state index contributed by atoms with van der Waals surface area (Å²) in [5, 5.41) is 0. The van der Waals surface area contributed by atoms with E-state index in [0.29, 0.717) is 5.57 Å². The summed E-state index contributed by atoms with van der Waals surface area (Å²) >= 11 is 0. The van der Waals surface area contributed by atoms with E-state index in [1.165, 1.54) is 11.0 Å². The SMILES string of the molecule is C=CCOC(=O)N1C[C@H](OS(C)(=O)=O)C[C@H]1/C=C(\C)CNS(C)(=O)=O. The molecule has 1 aliphatic heterocycles. The van der Waals surface area contributed by atoms with E-state index in [2.05, 4.69) is 11.3 Å². The Kier molecular flexibility index (Phi) is 7.60. The van der Waals surface area contributed by atoms with Gasteiger partial charge in [0, 0.05) is 13.0 Å². The van der Waals surface area contributed by atoms with Crippen LogP contribution < -0.4 is 4.72 Å². The summed E-state index contributed by atoms with van der Waals surface area (Å²) in [7, 11) is -7.00. The van der Waals surface area contributed by atoms with Gasteiger partial charge in [-0.2, -0.15) is 8.42 Å². The van der Waals surface area contributed by atoms with Crippen molar-refractivity contribution in [2.24, 2.45) is 0 Å². The van der Waals surface area contributed by atoms with Crippen LogP contribution in [-0.4, -0.2) is 72.2 Å². The summed E-state index contributed by atoms with van der Waals surface area (Å²) in [4.78, 5) is 13.5. The quantitative estimate of drug-likeness (QED) is 0.460. The van der Waals surface area contributed by atoms with Crippen molar-refractivity contribution in [1.29, 1.82) is 0 Å². The van der Waals surface area contributed by atoms with Gasteiger partial charge in [0.2, 0.25) is 10.0 Å². The van der Waals surface area contributed by atoms with E-state index in [4.69, 9.17) is 8.92 Å². The van der Waals surface area contributed by atoms with Crippen LogP contribution >= 0.6 is 0 Å². The van der Waals surface area contributed by atoms with Gasteiger partial charge in [0.15, 0.2) is 0 Å². The number of nitrogens with one attached hydrogen (secondary N) is 1. The molecular weight excluding hydrogens is 372 g/mol. The lowest BCUT2D eigenvalue weighted by Gasteiger charge is -2.21. The van der Waals surface area contributed by atoms with Crippen LogP contribution in [-0.2, 0) is 29.1 Å². The zero-order valence-corrected chi connectivity index (χ0v) is 16.1. The van der Waals surface area contributed by atoms with Crippen LogP contribution in [0.4, 0.5) is 4.79 Å². The smallest absolute Gasteiger partial charge is 0.410 e. The van der Waals surface area contributed by atoms with Gasteiger partial charge in [-0.1, -0.05) is 24.3 Å². The zero-order chi connectivity index (χ0) is 19.3. The monoisotopic (exact) mass is 396 g/mol. The van der Waals surface area contributed by atoms with E-state index < -0.39 is 38.4 Å². The first-order valence-electron chi connectivity index (χ1n) is 7.45.